The van der Waals surface area contributed by atoms with E-state index in [0.717, 1.165) is 5.56 Å². The highest BCUT2D eigenvalue weighted by Gasteiger charge is 2.25. The third-order valence-electron chi connectivity index (χ3n) is 4.99. The highest BCUT2D eigenvalue weighted by Crippen LogP contribution is 2.21. The van der Waals surface area contributed by atoms with Crippen LogP contribution >= 0.6 is 0 Å². The molecule has 0 aliphatic carbocycles. The minimum absolute atomic E-state index is 0.0466. The second-order valence-electron chi connectivity index (χ2n) is 6.80. The van der Waals surface area contributed by atoms with Gasteiger partial charge in [-0.25, -0.2) is 9.07 Å². The van der Waals surface area contributed by atoms with Crippen molar-refractivity contribution in [2.75, 3.05) is 13.1 Å². The summed E-state index contributed by atoms with van der Waals surface area (Å²) in [4.78, 5) is 26.8. The van der Waals surface area contributed by atoms with Gasteiger partial charge in [0.25, 0.3) is 5.56 Å². The molecule has 0 spiro atoms. The van der Waals surface area contributed by atoms with Crippen molar-refractivity contribution in [2.24, 2.45) is 0 Å². The van der Waals surface area contributed by atoms with Gasteiger partial charge >= 0.3 is 0 Å². The van der Waals surface area contributed by atoms with E-state index >= 15 is 0 Å². The summed E-state index contributed by atoms with van der Waals surface area (Å²) < 4.78 is 14.7. The Labute approximate surface area is 160 Å². The molecule has 1 aromatic heterocycles. The number of rotatable bonds is 3. The Morgan fingerprint density at radius 1 is 1.11 bits per heavy atom. The molecule has 2 heterocycles. The average Bonchev–Trinajstić information content (AvgIpc) is 2.73. The van der Waals surface area contributed by atoms with Gasteiger partial charge in [-0.15, -0.1) is 5.10 Å². The molecule has 0 atom stereocenters. The maximum atomic E-state index is 13.3. The molecule has 0 bridgehead atoms. The molecule has 0 radical (unpaired) electrons. The first-order valence-corrected chi connectivity index (χ1v) is 9.18. The molecular weight excluding hydrogens is 359 g/mol. The summed E-state index contributed by atoms with van der Waals surface area (Å²) in [5.41, 5.74) is 0.943. The van der Waals surface area contributed by atoms with Gasteiger partial charge in [0.1, 0.15) is 11.3 Å². The third kappa shape index (κ3) is 3.69. The van der Waals surface area contributed by atoms with E-state index in [9.17, 15) is 14.0 Å². The lowest BCUT2D eigenvalue weighted by Gasteiger charge is -2.31. The van der Waals surface area contributed by atoms with Crippen LogP contribution in [0, 0.1) is 5.82 Å². The standard InChI is InChI=1S/C21H19FN4O2/c22-16-7-8-18-19(14-16)23-24-26(21(18)28)17-10-12-25(13-11-17)20(27)9-6-15-4-2-1-3-5-15/h1-9,14,17H,10-13H2/b9-6+. The zero-order valence-corrected chi connectivity index (χ0v) is 15.2. The molecule has 1 amide bonds. The summed E-state index contributed by atoms with van der Waals surface area (Å²) in [6.45, 7) is 1.08. The lowest BCUT2D eigenvalue weighted by Crippen LogP contribution is -2.41. The number of carbonyl (C=O) groups is 1. The van der Waals surface area contributed by atoms with E-state index in [0.29, 0.717) is 31.3 Å². The second-order valence-corrected chi connectivity index (χ2v) is 6.80. The lowest BCUT2D eigenvalue weighted by molar-refractivity contribution is -0.127. The van der Waals surface area contributed by atoms with Crippen molar-refractivity contribution in [3.05, 3.63) is 76.3 Å². The number of halogens is 1. The number of carbonyl (C=O) groups excluding carboxylic acids is 1. The van der Waals surface area contributed by atoms with Gasteiger partial charge in [0.2, 0.25) is 5.91 Å². The number of fused-ring (bicyclic) bond motifs is 1. The molecule has 0 N–H and O–H groups in total. The van der Waals surface area contributed by atoms with Crippen LogP contribution in [0.1, 0.15) is 24.4 Å². The van der Waals surface area contributed by atoms with E-state index in [4.69, 9.17) is 0 Å². The van der Waals surface area contributed by atoms with Crippen molar-refractivity contribution in [3.63, 3.8) is 0 Å². The Kier molecular flexibility index (Phi) is 4.97. The summed E-state index contributed by atoms with van der Waals surface area (Å²) in [6, 6.07) is 13.4. The van der Waals surface area contributed by atoms with Crippen LogP contribution in [0.2, 0.25) is 0 Å². The molecule has 2 aromatic carbocycles. The zero-order valence-electron chi connectivity index (χ0n) is 15.2. The Balaban J connectivity index is 1.44. The average molecular weight is 378 g/mol. The minimum Gasteiger partial charge on any atom is -0.339 e. The largest absolute Gasteiger partial charge is 0.339 e. The number of benzene rings is 2. The van der Waals surface area contributed by atoms with Gasteiger partial charge in [0, 0.05) is 25.2 Å². The van der Waals surface area contributed by atoms with Crippen LogP contribution in [0.25, 0.3) is 17.0 Å². The number of nitrogens with zero attached hydrogens (tertiary/aromatic N) is 4. The molecule has 1 saturated heterocycles. The molecule has 28 heavy (non-hydrogen) atoms. The summed E-state index contributed by atoms with van der Waals surface area (Å²) in [6.07, 6.45) is 4.61. The first-order chi connectivity index (χ1) is 13.6. The number of piperidine rings is 1. The van der Waals surface area contributed by atoms with E-state index in [-0.39, 0.29) is 23.0 Å². The van der Waals surface area contributed by atoms with E-state index in [1.807, 2.05) is 30.3 Å². The topological polar surface area (TPSA) is 68.1 Å². The van der Waals surface area contributed by atoms with Gasteiger partial charge in [0.15, 0.2) is 0 Å². The molecule has 3 aromatic rings. The van der Waals surface area contributed by atoms with E-state index in [1.165, 1.54) is 22.9 Å². The lowest BCUT2D eigenvalue weighted by atomic mass is 10.0. The highest BCUT2D eigenvalue weighted by atomic mass is 19.1. The van der Waals surface area contributed by atoms with Crippen molar-refractivity contribution >= 4 is 22.9 Å². The fourth-order valence-corrected chi connectivity index (χ4v) is 3.44. The fourth-order valence-electron chi connectivity index (χ4n) is 3.44. The first kappa shape index (κ1) is 18.0. The monoisotopic (exact) mass is 378 g/mol. The molecule has 6 nitrogen and oxygen atoms in total. The fraction of sp³-hybridized carbons (Fsp3) is 0.238. The van der Waals surface area contributed by atoms with Crippen LogP contribution in [0.5, 0.6) is 0 Å². The second kappa shape index (κ2) is 7.72. The van der Waals surface area contributed by atoms with Crippen LogP contribution in [0.4, 0.5) is 4.39 Å². The molecule has 0 saturated carbocycles. The maximum absolute atomic E-state index is 13.3. The van der Waals surface area contributed by atoms with E-state index in [2.05, 4.69) is 10.3 Å². The Morgan fingerprint density at radius 3 is 2.61 bits per heavy atom. The summed E-state index contributed by atoms with van der Waals surface area (Å²) in [7, 11) is 0. The van der Waals surface area contributed by atoms with Crippen molar-refractivity contribution in [2.45, 2.75) is 18.9 Å². The summed E-state index contributed by atoms with van der Waals surface area (Å²) >= 11 is 0. The normalized spacial score (nSPS) is 15.4. The van der Waals surface area contributed by atoms with Crippen molar-refractivity contribution in [1.29, 1.82) is 0 Å². The molecule has 0 unspecified atom stereocenters. The van der Waals surface area contributed by atoms with Crippen LogP contribution in [0.15, 0.2) is 59.4 Å². The predicted octanol–water partition coefficient (Wildman–Crippen LogP) is 2.81. The number of amides is 1. The van der Waals surface area contributed by atoms with Crippen molar-refractivity contribution in [3.8, 4) is 0 Å². The van der Waals surface area contributed by atoms with Gasteiger partial charge in [-0.3, -0.25) is 9.59 Å². The minimum atomic E-state index is -0.450. The predicted molar refractivity (Wildman–Crippen MR) is 104 cm³/mol. The zero-order chi connectivity index (χ0) is 19.5. The number of aromatic nitrogens is 3. The van der Waals surface area contributed by atoms with Gasteiger partial charge in [-0.2, -0.15) is 0 Å². The van der Waals surface area contributed by atoms with Crippen LogP contribution in [0.3, 0.4) is 0 Å². The Hall–Kier alpha value is -3.35. The quantitative estimate of drug-likeness (QED) is 0.658. The van der Waals surface area contributed by atoms with Crippen LogP contribution in [-0.2, 0) is 4.79 Å². The number of hydrogen-bond donors (Lipinski definition) is 0. The van der Waals surface area contributed by atoms with Gasteiger partial charge in [-0.1, -0.05) is 35.5 Å². The molecule has 142 valence electrons. The Bertz CT molecular complexity index is 1090. The maximum Gasteiger partial charge on any atom is 0.277 e. The van der Waals surface area contributed by atoms with Crippen LogP contribution in [-0.4, -0.2) is 38.9 Å². The Morgan fingerprint density at radius 2 is 1.86 bits per heavy atom. The molecule has 4 rings (SSSR count). The van der Waals surface area contributed by atoms with Gasteiger partial charge in [0.05, 0.1) is 11.4 Å². The molecule has 1 fully saturated rings. The summed E-state index contributed by atoms with van der Waals surface area (Å²) in [5.74, 6) is -0.496. The highest BCUT2D eigenvalue weighted by molar-refractivity contribution is 5.91. The third-order valence-corrected chi connectivity index (χ3v) is 4.99. The molecule has 7 heteroatoms. The van der Waals surface area contributed by atoms with Crippen molar-refractivity contribution in [1.82, 2.24) is 19.9 Å². The SMILES string of the molecule is O=C(/C=C/c1ccccc1)N1CCC(n2nnc3cc(F)ccc3c2=O)CC1. The molecule has 1 aliphatic heterocycles. The van der Waals surface area contributed by atoms with Crippen LogP contribution < -0.4 is 5.56 Å². The van der Waals surface area contributed by atoms with Gasteiger partial charge in [-0.05, 0) is 36.6 Å². The van der Waals surface area contributed by atoms with Crippen molar-refractivity contribution < 1.29 is 9.18 Å². The molecular formula is C21H19FN4O2. The van der Waals surface area contributed by atoms with E-state index < -0.39 is 5.82 Å². The molecule has 1 aliphatic rings. The number of hydrogen-bond acceptors (Lipinski definition) is 4. The summed E-state index contributed by atoms with van der Waals surface area (Å²) in [5, 5.41) is 8.31. The van der Waals surface area contributed by atoms with Gasteiger partial charge < -0.3 is 4.90 Å². The smallest absolute Gasteiger partial charge is 0.277 e. The number of likely N-dealkylation sites (tertiary alicyclic amines) is 1. The first-order valence-electron chi connectivity index (χ1n) is 9.18. The van der Waals surface area contributed by atoms with E-state index in [1.54, 1.807) is 17.1 Å².